The molecule has 118 valence electrons. The van der Waals surface area contributed by atoms with Crippen LogP contribution in [0.25, 0.3) is 0 Å². The predicted octanol–water partition coefficient (Wildman–Crippen LogP) is 5.33. The molecule has 21 heavy (non-hydrogen) atoms. The Morgan fingerprint density at radius 1 is 1.19 bits per heavy atom. The average Bonchev–Trinajstić information content (AvgIpc) is 2.93. The Morgan fingerprint density at radius 3 is 2.38 bits per heavy atom. The summed E-state index contributed by atoms with van der Waals surface area (Å²) in [6.07, 6.45) is 1.65. The molecule has 0 radical (unpaired) electrons. The van der Waals surface area contributed by atoms with E-state index in [2.05, 4.69) is 12.2 Å². The zero-order chi connectivity index (χ0) is 15.5. The van der Waals surface area contributed by atoms with Gasteiger partial charge in [-0.3, -0.25) is 0 Å². The van der Waals surface area contributed by atoms with Crippen molar-refractivity contribution >= 4 is 0 Å². The molecule has 1 saturated carbocycles. The standard InChI is InChI=1S/C17H24F3N/c1-3-16(10-6-7-11-16)12-21-13(2)14-8-4-5-9-15(14)17(18,19)20/h4-5,8-9,13,21H,3,6-7,10-12H2,1-2H3. The Morgan fingerprint density at radius 2 is 1.81 bits per heavy atom. The Bertz CT molecular complexity index is 461. The molecular formula is C17H24F3N. The van der Waals surface area contributed by atoms with E-state index in [1.54, 1.807) is 12.1 Å². The molecule has 1 nitrogen and oxygen atoms in total. The average molecular weight is 299 g/mol. The molecule has 4 heteroatoms. The molecule has 1 aromatic rings. The molecule has 0 amide bonds. The van der Waals surface area contributed by atoms with Crippen molar-refractivity contribution in [2.24, 2.45) is 5.41 Å². The normalized spacial score (nSPS) is 19.7. The van der Waals surface area contributed by atoms with Gasteiger partial charge in [-0.2, -0.15) is 13.2 Å². The maximum absolute atomic E-state index is 13.1. The molecule has 0 bridgehead atoms. The first-order valence-corrected chi connectivity index (χ1v) is 7.77. The Hall–Kier alpha value is -1.03. The van der Waals surface area contributed by atoms with E-state index < -0.39 is 11.7 Å². The minimum absolute atomic E-state index is 0.279. The van der Waals surface area contributed by atoms with Gasteiger partial charge in [-0.15, -0.1) is 0 Å². The zero-order valence-electron chi connectivity index (χ0n) is 12.8. The van der Waals surface area contributed by atoms with Crippen LogP contribution in [0.3, 0.4) is 0 Å². The van der Waals surface area contributed by atoms with Crippen LogP contribution in [-0.2, 0) is 6.18 Å². The van der Waals surface area contributed by atoms with Gasteiger partial charge in [0, 0.05) is 12.6 Å². The van der Waals surface area contributed by atoms with Crippen LogP contribution < -0.4 is 5.32 Å². The maximum atomic E-state index is 13.1. The lowest BCUT2D eigenvalue weighted by atomic mass is 9.83. The van der Waals surface area contributed by atoms with Gasteiger partial charge in [0.05, 0.1) is 5.56 Å². The van der Waals surface area contributed by atoms with E-state index in [0.717, 1.165) is 13.0 Å². The Kier molecular flexibility index (Phi) is 4.97. The van der Waals surface area contributed by atoms with Gasteiger partial charge >= 0.3 is 6.18 Å². The second-order valence-electron chi connectivity index (χ2n) is 6.25. The van der Waals surface area contributed by atoms with E-state index in [0.29, 0.717) is 5.56 Å². The van der Waals surface area contributed by atoms with Crippen LogP contribution in [0.1, 0.15) is 63.1 Å². The second kappa shape index (κ2) is 6.39. The van der Waals surface area contributed by atoms with Gasteiger partial charge in [0.2, 0.25) is 0 Å². The summed E-state index contributed by atoms with van der Waals surface area (Å²) in [5.74, 6) is 0. The van der Waals surface area contributed by atoms with E-state index in [9.17, 15) is 13.2 Å². The van der Waals surface area contributed by atoms with Gasteiger partial charge in [-0.05, 0) is 43.2 Å². The highest BCUT2D eigenvalue weighted by molar-refractivity contribution is 5.32. The van der Waals surface area contributed by atoms with Crippen LogP contribution in [0.2, 0.25) is 0 Å². The van der Waals surface area contributed by atoms with Crippen LogP contribution >= 0.6 is 0 Å². The molecule has 1 atom stereocenters. The van der Waals surface area contributed by atoms with Crippen LogP contribution in [0, 0.1) is 5.41 Å². The fraction of sp³-hybridized carbons (Fsp3) is 0.647. The summed E-state index contributed by atoms with van der Waals surface area (Å²) in [5, 5.41) is 3.35. The lowest BCUT2D eigenvalue weighted by Gasteiger charge is -2.30. The summed E-state index contributed by atoms with van der Waals surface area (Å²) in [5.41, 5.74) is 0.0951. The van der Waals surface area contributed by atoms with Crippen LogP contribution in [0.4, 0.5) is 13.2 Å². The van der Waals surface area contributed by atoms with Gasteiger partial charge in [-0.25, -0.2) is 0 Å². The third-order valence-corrected chi connectivity index (χ3v) is 4.93. The van der Waals surface area contributed by atoms with E-state index in [1.165, 1.54) is 37.8 Å². The highest BCUT2D eigenvalue weighted by Gasteiger charge is 2.35. The van der Waals surface area contributed by atoms with Gasteiger partial charge in [0.15, 0.2) is 0 Å². The van der Waals surface area contributed by atoms with Crippen LogP contribution in [0.5, 0.6) is 0 Å². The number of hydrogen-bond donors (Lipinski definition) is 1. The lowest BCUT2D eigenvalue weighted by Crippen LogP contribution is -2.33. The van der Waals surface area contributed by atoms with E-state index >= 15 is 0 Å². The largest absolute Gasteiger partial charge is 0.416 e. The molecule has 0 spiro atoms. The minimum Gasteiger partial charge on any atom is -0.310 e. The molecule has 0 heterocycles. The molecule has 1 aliphatic carbocycles. The van der Waals surface area contributed by atoms with E-state index in [-0.39, 0.29) is 11.5 Å². The third-order valence-electron chi connectivity index (χ3n) is 4.93. The number of rotatable bonds is 5. The number of hydrogen-bond acceptors (Lipinski definition) is 1. The quantitative estimate of drug-likeness (QED) is 0.775. The Balaban J connectivity index is 2.09. The molecule has 1 fully saturated rings. The number of nitrogens with one attached hydrogen (secondary N) is 1. The SMILES string of the molecule is CCC1(CNC(C)c2ccccc2C(F)(F)F)CCCC1. The molecule has 0 aliphatic heterocycles. The molecule has 0 aromatic heterocycles. The van der Waals surface area contributed by atoms with E-state index in [1.807, 2.05) is 6.92 Å². The van der Waals surface area contributed by atoms with Crippen molar-refractivity contribution in [2.75, 3.05) is 6.54 Å². The third kappa shape index (κ3) is 3.79. The number of alkyl halides is 3. The van der Waals surface area contributed by atoms with E-state index in [4.69, 9.17) is 0 Å². The van der Waals surface area contributed by atoms with Gasteiger partial charge in [-0.1, -0.05) is 38.0 Å². The van der Waals surface area contributed by atoms with Crippen molar-refractivity contribution in [1.82, 2.24) is 5.32 Å². The Labute approximate surface area is 124 Å². The first kappa shape index (κ1) is 16.3. The van der Waals surface area contributed by atoms with Crippen LogP contribution in [0.15, 0.2) is 24.3 Å². The first-order chi connectivity index (χ1) is 9.88. The second-order valence-corrected chi connectivity index (χ2v) is 6.25. The summed E-state index contributed by atoms with van der Waals surface area (Å²) < 4.78 is 39.2. The molecule has 0 saturated heterocycles. The molecule has 1 N–H and O–H groups in total. The fourth-order valence-corrected chi connectivity index (χ4v) is 3.39. The predicted molar refractivity (Wildman–Crippen MR) is 79.1 cm³/mol. The topological polar surface area (TPSA) is 12.0 Å². The summed E-state index contributed by atoms with van der Waals surface area (Å²) in [7, 11) is 0. The number of halogens is 3. The fourth-order valence-electron chi connectivity index (χ4n) is 3.39. The van der Waals surface area contributed by atoms with Gasteiger partial charge in [0.1, 0.15) is 0 Å². The molecule has 1 aromatic carbocycles. The highest BCUT2D eigenvalue weighted by atomic mass is 19.4. The van der Waals surface area contributed by atoms with Crippen molar-refractivity contribution < 1.29 is 13.2 Å². The zero-order valence-corrected chi connectivity index (χ0v) is 12.8. The molecule has 1 unspecified atom stereocenters. The summed E-state index contributed by atoms with van der Waals surface area (Å²) in [4.78, 5) is 0. The summed E-state index contributed by atoms with van der Waals surface area (Å²) in [6.45, 7) is 4.81. The van der Waals surface area contributed by atoms with Crippen molar-refractivity contribution in [3.05, 3.63) is 35.4 Å². The number of benzene rings is 1. The first-order valence-electron chi connectivity index (χ1n) is 7.77. The van der Waals surface area contributed by atoms with Gasteiger partial charge in [0.25, 0.3) is 0 Å². The van der Waals surface area contributed by atoms with Crippen molar-refractivity contribution in [1.29, 1.82) is 0 Å². The molecule has 1 aliphatic rings. The summed E-state index contributed by atoms with van der Waals surface area (Å²) in [6, 6.07) is 5.58. The molecular weight excluding hydrogens is 275 g/mol. The van der Waals surface area contributed by atoms with Crippen molar-refractivity contribution in [3.8, 4) is 0 Å². The van der Waals surface area contributed by atoms with Crippen molar-refractivity contribution in [2.45, 2.75) is 58.2 Å². The summed E-state index contributed by atoms with van der Waals surface area (Å²) >= 11 is 0. The minimum atomic E-state index is -4.29. The van der Waals surface area contributed by atoms with Crippen LogP contribution in [-0.4, -0.2) is 6.54 Å². The van der Waals surface area contributed by atoms with Crippen molar-refractivity contribution in [3.63, 3.8) is 0 Å². The maximum Gasteiger partial charge on any atom is 0.416 e. The highest BCUT2D eigenvalue weighted by Crippen LogP contribution is 2.41. The molecule has 2 rings (SSSR count). The van der Waals surface area contributed by atoms with Gasteiger partial charge < -0.3 is 5.32 Å². The smallest absolute Gasteiger partial charge is 0.310 e. The monoisotopic (exact) mass is 299 g/mol. The lowest BCUT2D eigenvalue weighted by molar-refractivity contribution is -0.138.